The van der Waals surface area contributed by atoms with Crippen LogP contribution in [0.25, 0.3) is 44.8 Å². The van der Waals surface area contributed by atoms with Crippen LogP contribution in [0.5, 0.6) is 0 Å². The molecule has 9 aromatic carbocycles. The van der Waals surface area contributed by atoms with Gasteiger partial charge in [-0.05, 0) is 139 Å². The third-order valence-corrected chi connectivity index (χ3v) is 12.2. The summed E-state index contributed by atoms with van der Waals surface area (Å²) < 4.78 is 0. The van der Waals surface area contributed by atoms with Gasteiger partial charge in [-0.15, -0.1) is 0 Å². The predicted molar refractivity (Wildman–Crippen MR) is 236 cm³/mol. The Morgan fingerprint density at radius 3 is 1.82 bits per heavy atom. The Morgan fingerprint density at radius 1 is 0.446 bits per heavy atom. The molecule has 0 amide bonds. The van der Waals surface area contributed by atoms with Crippen LogP contribution in [0.3, 0.4) is 0 Å². The molecule has 9 aromatic rings. The van der Waals surface area contributed by atoms with Gasteiger partial charge in [-0.1, -0.05) is 164 Å². The topological polar surface area (TPSA) is 3.24 Å². The molecular formula is C55H39N. The monoisotopic (exact) mass is 713 g/mol. The Labute approximate surface area is 328 Å². The molecule has 2 aliphatic carbocycles. The Bertz CT molecular complexity index is 2950. The predicted octanol–water partition coefficient (Wildman–Crippen LogP) is 14.2. The molecular weight excluding hydrogens is 675 g/mol. The summed E-state index contributed by atoms with van der Waals surface area (Å²) in [6, 6.07) is 71.8. The van der Waals surface area contributed by atoms with E-state index in [2.05, 4.69) is 218 Å². The number of para-hydroxylation sites is 2. The maximum atomic E-state index is 2.45. The zero-order valence-corrected chi connectivity index (χ0v) is 31.3. The lowest BCUT2D eigenvalue weighted by Crippen LogP contribution is -2.28. The van der Waals surface area contributed by atoms with E-state index >= 15 is 0 Å². The number of rotatable bonds is 7. The average molecular weight is 714 g/mol. The van der Waals surface area contributed by atoms with Gasteiger partial charge in [-0.3, -0.25) is 0 Å². The smallest absolute Gasteiger partial charge is 0.0714 e. The number of fused-ring (bicyclic) bond motifs is 3. The molecule has 2 aliphatic rings. The first-order valence-corrected chi connectivity index (χ1v) is 19.6. The Kier molecular flexibility index (Phi) is 7.44. The second-order valence-corrected chi connectivity index (χ2v) is 15.3. The molecule has 56 heavy (non-hydrogen) atoms. The largest absolute Gasteiger partial charge is 0.310 e. The summed E-state index contributed by atoms with van der Waals surface area (Å²) in [4.78, 5) is 2.38. The van der Waals surface area contributed by atoms with Gasteiger partial charge in [0.15, 0.2) is 0 Å². The average Bonchev–Trinajstić information content (AvgIpc) is 3.77. The van der Waals surface area contributed by atoms with Crippen LogP contribution in [-0.2, 0) is 11.8 Å². The molecule has 0 bridgehead atoms. The van der Waals surface area contributed by atoms with Crippen LogP contribution in [-0.4, -0.2) is 0 Å². The van der Waals surface area contributed by atoms with Crippen molar-refractivity contribution in [2.45, 2.75) is 18.8 Å². The highest BCUT2D eigenvalue weighted by molar-refractivity contribution is 6.16. The van der Waals surface area contributed by atoms with Gasteiger partial charge < -0.3 is 4.90 Å². The zero-order chi connectivity index (χ0) is 37.2. The van der Waals surface area contributed by atoms with Crippen molar-refractivity contribution in [3.05, 3.63) is 244 Å². The third-order valence-electron chi connectivity index (χ3n) is 12.2. The van der Waals surface area contributed by atoms with Crippen LogP contribution in [0.1, 0.15) is 50.1 Å². The number of hydrogen-bond acceptors (Lipinski definition) is 1. The van der Waals surface area contributed by atoms with Crippen LogP contribution >= 0.6 is 0 Å². The summed E-state index contributed by atoms with van der Waals surface area (Å²) in [6.07, 6.45) is 5.53. The maximum Gasteiger partial charge on any atom is 0.0714 e. The fourth-order valence-corrected chi connectivity index (χ4v) is 9.75. The first-order chi connectivity index (χ1) is 27.7. The second-order valence-electron chi connectivity index (χ2n) is 15.3. The molecule has 0 heterocycles. The normalized spacial score (nSPS) is 13.4. The first kappa shape index (κ1) is 32.5. The molecule has 1 heteroatoms. The number of aryl methyl sites for hydroxylation is 1. The van der Waals surface area contributed by atoms with E-state index in [0.717, 1.165) is 12.1 Å². The molecule has 0 aliphatic heterocycles. The summed E-state index contributed by atoms with van der Waals surface area (Å²) >= 11 is 0. The van der Waals surface area contributed by atoms with E-state index in [-0.39, 0.29) is 0 Å². The van der Waals surface area contributed by atoms with E-state index in [0.29, 0.717) is 0 Å². The van der Waals surface area contributed by atoms with Crippen molar-refractivity contribution < 1.29 is 0 Å². The minimum atomic E-state index is -0.415. The number of hydrogen-bond donors (Lipinski definition) is 0. The van der Waals surface area contributed by atoms with Gasteiger partial charge in [-0.25, -0.2) is 0 Å². The molecule has 0 fully saturated rings. The third kappa shape index (κ3) is 4.94. The van der Waals surface area contributed by atoms with Crippen molar-refractivity contribution in [1.82, 2.24) is 0 Å². The van der Waals surface area contributed by atoms with Gasteiger partial charge in [0.05, 0.1) is 5.41 Å². The van der Waals surface area contributed by atoms with Crippen molar-refractivity contribution in [2.24, 2.45) is 0 Å². The van der Waals surface area contributed by atoms with E-state index in [9.17, 15) is 0 Å². The van der Waals surface area contributed by atoms with Crippen molar-refractivity contribution in [3.63, 3.8) is 0 Å². The minimum Gasteiger partial charge on any atom is -0.310 e. The molecule has 0 atom stereocenters. The Morgan fingerprint density at radius 2 is 1.07 bits per heavy atom. The van der Waals surface area contributed by atoms with E-state index < -0.39 is 5.41 Å². The zero-order valence-electron chi connectivity index (χ0n) is 31.3. The van der Waals surface area contributed by atoms with Gasteiger partial charge in [0.25, 0.3) is 0 Å². The summed E-state index contributed by atoms with van der Waals surface area (Å²) in [5, 5.41) is 5.31. The van der Waals surface area contributed by atoms with Crippen molar-refractivity contribution in [3.8, 4) is 11.1 Å². The molecule has 0 spiro atoms. The lowest BCUT2D eigenvalue weighted by atomic mass is 9.67. The van der Waals surface area contributed by atoms with E-state index in [1.807, 2.05) is 0 Å². The quantitative estimate of drug-likeness (QED) is 0.117. The van der Waals surface area contributed by atoms with Crippen LogP contribution in [0.15, 0.2) is 194 Å². The lowest BCUT2D eigenvalue weighted by molar-refractivity contribution is 0.771. The molecule has 0 saturated heterocycles. The molecule has 0 N–H and O–H groups in total. The van der Waals surface area contributed by atoms with Crippen LogP contribution in [0.2, 0.25) is 0 Å². The fourth-order valence-electron chi connectivity index (χ4n) is 9.75. The highest BCUT2D eigenvalue weighted by Crippen LogP contribution is 2.56. The molecule has 0 unspecified atom stereocenters. The van der Waals surface area contributed by atoms with Gasteiger partial charge in [0.1, 0.15) is 0 Å². The molecule has 264 valence electrons. The maximum absolute atomic E-state index is 2.45. The molecule has 0 aromatic heterocycles. The summed E-state index contributed by atoms with van der Waals surface area (Å²) in [6.45, 7) is 2.19. The van der Waals surface area contributed by atoms with Crippen molar-refractivity contribution in [1.29, 1.82) is 0 Å². The van der Waals surface area contributed by atoms with Gasteiger partial charge in [-0.2, -0.15) is 0 Å². The Balaban J connectivity index is 0.974. The van der Waals surface area contributed by atoms with E-state index in [1.165, 1.54) is 94.1 Å². The van der Waals surface area contributed by atoms with Crippen LogP contribution in [0.4, 0.5) is 17.1 Å². The summed E-state index contributed by atoms with van der Waals surface area (Å²) in [5.41, 5.74) is 17.5. The van der Waals surface area contributed by atoms with Crippen LogP contribution in [0, 0.1) is 6.92 Å². The van der Waals surface area contributed by atoms with Gasteiger partial charge >= 0.3 is 0 Å². The first-order valence-electron chi connectivity index (χ1n) is 19.6. The lowest BCUT2D eigenvalue weighted by Gasteiger charge is -2.34. The molecule has 0 saturated carbocycles. The Hall–Kier alpha value is -6.96. The highest BCUT2D eigenvalue weighted by atomic mass is 15.1. The van der Waals surface area contributed by atoms with Crippen molar-refractivity contribution >= 4 is 50.8 Å². The highest BCUT2D eigenvalue weighted by Gasteiger charge is 2.45. The number of nitrogens with zero attached hydrogens (tertiary/aromatic N) is 1. The van der Waals surface area contributed by atoms with E-state index in [4.69, 9.17) is 0 Å². The fraction of sp³-hybridized carbons (Fsp3) is 0.0545. The molecule has 11 rings (SSSR count). The SMILES string of the molecule is Cc1ccccc1N(c1ccccc1)c1ccc2c(c1)Cc1cc(C=Cc3cc4c5c(ccc6cccc(c65)C4(c4ccccc4)c4ccccc4)c3)ccc1-2. The second kappa shape index (κ2) is 12.8. The van der Waals surface area contributed by atoms with Crippen LogP contribution < -0.4 is 4.90 Å². The minimum absolute atomic E-state index is 0.415. The number of benzene rings is 9. The number of anilines is 3. The van der Waals surface area contributed by atoms with E-state index in [1.54, 1.807) is 0 Å². The van der Waals surface area contributed by atoms with Crippen molar-refractivity contribution in [2.75, 3.05) is 4.90 Å². The summed E-state index contributed by atoms with van der Waals surface area (Å²) in [7, 11) is 0. The molecule has 0 radical (unpaired) electrons. The van der Waals surface area contributed by atoms with Gasteiger partial charge in [0, 0.05) is 17.1 Å². The van der Waals surface area contributed by atoms with Gasteiger partial charge in [0.2, 0.25) is 0 Å². The molecule has 1 nitrogen and oxygen atoms in total. The summed E-state index contributed by atoms with van der Waals surface area (Å²) in [5.74, 6) is 0. The standard InChI is InChI=1S/C55H39N/c1-37-14-11-12-23-52(37)56(46-20-9-4-10-21-46)47-29-31-49-43(36-47)35-42-32-38(26-30-48(42)49)24-25-39-33-41-28-27-40-15-13-22-50-53(40)54(41)51(34-39)55(50,44-16-5-2-6-17-44)45-18-7-3-8-19-45/h2-34,36H,35H2,1H3.